The summed E-state index contributed by atoms with van der Waals surface area (Å²) in [6.07, 6.45) is 18.2. The van der Waals surface area contributed by atoms with Crippen molar-refractivity contribution >= 4 is 17.5 Å². The second-order valence-corrected chi connectivity index (χ2v) is 10.8. The molecule has 0 aliphatic heterocycles. The Balaban J connectivity index is 0.000000633. The van der Waals surface area contributed by atoms with Gasteiger partial charge >= 0.3 is 0 Å². The molecule has 2 aliphatic carbocycles. The zero-order valence-electron chi connectivity index (χ0n) is 25.6. The van der Waals surface area contributed by atoms with Gasteiger partial charge in [-0.05, 0) is 85.1 Å². The van der Waals surface area contributed by atoms with Crippen LogP contribution in [0.5, 0.6) is 0 Å². The molecule has 2 rings (SSSR count). The second-order valence-electron chi connectivity index (χ2n) is 10.8. The molecule has 0 aromatic heterocycles. The zero-order chi connectivity index (χ0) is 28.2. The standard InChI is InChI=1S/C15H25NO.C14H24N2O.C3H8/c1-4-12-16(14-10-11-14)15(17)9-7-5-6-8-13(2)3;1-5-8-16(13-6-7-13)14(17)9-12(4)10-15-11(2)3;1-3-2/h5-6,8,14H,4,7,9-12H2,1-3H3;10,13H,5-9H2,1-4H3;3H2,1-2H3/b6-5-;12-10+;. The average Bonchev–Trinajstić information content (AvgIpc) is 3.74. The van der Waals surface area contributed by atoms with Gasteiger partial charge in [-0.2, -0.15) is 0 Å². The van der Waals surface area contributed by atoms with E-state index in [0.29, 0.717) is 30.8 Å². The number of amides is 2. The zero-order valence-corrected chi connectivity index (χ0v) is 25.6. The Hall–Kier alpha value is -2.17. The highest BCUT2D eigenvalue weighted by atomic mass is 16.2. The fraction of sp³-hybridized carbons (Fsp3) is 0.719. The molecule has 5 nitrogen and oxygen atoms in total. The van der Waals surface area contributed by atoms with E-state index >= 15 is 0 Å². The van der Waals surface area contributed by atoms with E-state index < -0.39 is 0 Å². The number of nitrogens with zero attached hydrogens (tertiary/aromatic N) is 3. The lowest BCUT2D eigenvalue weighted by molar-refractivity contribution is -0.132. The van der Waals surface area contributed by atoms with E-state index in [1.807, 2.05) is 37.9 Å². The third-order valence-electron chi connectivity index (χ3n) is 5.61. The SMILES string of the molecule is CCC.CCCN(C(=O)C/C(C)=C/N=C(C)C)C1CC1.CCCN(C(=O)CC/C=C\C=C(C)C)C1CC1. The summed E-state index contributed by atoms with van der Waals surface area (Å²) in [5.74, 6) is 0.586. The Bertz CT molecular complexity index is 763. The van der Waals surface area contributed by atoms with E-state index in [9.17, 15) is 9.59 Å². The maximum absolute atomic E-state index is 12.1. The van der Waals surface area contributed by atoms with Crippen LogP contribution in [0.3, 0.4) is 0 Å². The van der Waals surface area contributed by atoms with Crippen molar-refractivity contribution in [2.45, 2.75) is 139 Å². The molecule has 0 aromatic rings. The van der Waals surface area contributed by atoms with Crippen molar-refractivity contribution in [3.63, 3.8) is 0 Å². The van der Waals surface area contributed by atoms with Gasteiger partial charge in [0.15, 0.2) is 0 Å². The first kappa shape index (κ1) is 34.8. The molecule has 0 spiro atoms. The normalized spacial score (nSPS) is 14.6. The van der Waals surface area contributed by atoms with E-state index in [-0.39, 0.29) is 5.91 Å². The Morgan fingerprint density at radius 3 is 1.70 bits per heavy atom. The number of aliphatic imine (C=N–C) groups is 1. The van der Waals surface area contributed by atoms with Crippen LogP contribution in [0.4, 0.5) is 0 Å². The van der Waals surface area contributed by atoms with Crippen LogP contribution in [0, 0.1) is 0 Å². The van der Waals surface area contributed by atoms with Gasteiger partial charge < -0.3 is 9.80 Å². The van der Waals surface area contributed by atoms with Crippen molar-refractivity contribution in [3.8, 4) is 0 Å². The summed E-state index contributed by atoms with van der Waals surface area (Å²) in [7, 11) is 0. The van der Waals surface area contributed by atoms with Crippen LogP contribution in [0.1, 0.15) is 127 Å². The van der Waals surface area contributed by atoms with Crippen molar-refractivity contribution in [1.82, 2.24) is 9.80 Å². The lowest BCUT2D eigenvalue weighted by atomic mass is 10.2. The van der Waals surface area contributed by atoms with E-state index in [2.05, 4.69) is 63.6 Å². The fourth-order valence-corrected chi connectivity index (χ4v) is 3.61. The van der Waals surface area contributed by atoms with E-state index in [1.54, 1.807) is 0 Å². The van der Waals surface area contributed by atoms with Gasteiger partial charge in [0.1, 0.15) is 0 Å². The highest BCUT2D eigenvalue weighted by Crippen LogP contribution is 2.28. The third-order valence-corrected chi connectivity index (χ3v) is 5.61. The molecule has 0 bridgehead atoms. The molecule has 0 unspecified atom stereocenters. The minimum Gasteiger partial charge on any atom is -0.340 e. The molecule has 0 N–H and O–H groups in total. The molecule has 2 saturated carbocycles. The van der Waals surface area contributed by atoms with Crippen LogP contribution in [-0.2, 0) is 9.59 Å². The molecule has 5 heteroatoms. The molecule has 0 heterocycles. The lowest BCUT2D eigenvalue weighted by Gasteiger charge is -2.21. The Morgan fingerprint density at radius 1 is 0.811 bits per heavy atom. The van der Waals surface area contributed by atoms with Crippen LogP contribution in [0.25, 0.3) is 0 Å². The van der Waals surface area contributed by atoms with Crippen LogP contribution >= 0.6 is 0 Å². The van der Waals surface area contributed by atoms with Gasteiger partial charge in [-0.15, -0.1) is 0 Å². The smallest absolute Gasteiger partial charge is 0.226 e. The van der Waals surface area contributed by atoms with Crippen LogP contribution in [-0.4, -0.2) is 52.5 Å². The van der Waals surface area contributed by atoms with E-state index in [4.69, 9.17) is 0 Å². The maximum atomic E-state index is 12.1. The number of allylic oxidation sites excluding steroid dienone is 4. The maximum Gasteiger partial charge on any atom is 0.226 e. The summed E-state index contributed by atoms with van der Waals surface area (Å²) in [4.78, 5) is 32.4. The fourth-order valence-electron chi connectivity index (χ4n) is 3.61. The van der Waals surface area contributed by atoms with Crippen LogP contribution < -0.4 is 0 Å². The molecule has 0 radical (unpaired) electrons. The van der Waals surface area contributed by atoms with Crippen molar-refractivity contribution in [1.29, 1.82) is 0 Å². The highest BCUT2D eigenvalue weighted by Gasteiger charge is 2.32. The van der Waals surface area contributed by atoms with Gasteiger partial charge in [0.2, 0.25) is 11.8 Å². The summed E-state index contributed by atoms with van der Waals surface area (Å²) < 4.78 is 0. The number of hydrogen-bond donors (Lipinski definition) is 0. The van der Waals surface area contributed by atoms with Crippen molar-refractivity contribution in [2.24, 2.45) is 4.99 Å². The van der Waals surface area contributed by atoms with Crippen molar-refractivity contribution in [2.75, 3.05) is 13.1 Å². The molecular formula is C32H57N3O2. The summed E-state index contributed by atoms with van der Waals surface area (Å²) in [5, 5.41) is 0. The lowest BCUT2D eigenvalue weighted by Crippen LogP contribution is -2.33. The molecule has 212 valence electrons. The monoisotopic (exact) mass is 515 g/mol. The number of carbonyl (C=O) groups excluding carboxylic acids is 2. The van der Waals surface area contributed by atoms with Gasteiger partial charge in [0.25, 0.3) is 0 Å². The second kappa shape index (κ2) is 20.8. The van der Waals surface area contributed by atoms with Crippen LogP contribution in [0.15, 0.2) is 40.6 Å². The van der Waals surface area contributed by atoms with Gasteiger partial charge in [0.05, 0.1) is 0 Å². The molecule has 37 heavy (non-hydrogen) atoms. The summed E-state index contributed by atoms with van der Waals surface area (Å²) in [6.45, 7) is 20.4. The Kier molecular flexibility index (Phi) is 19.6. The summed E-state index contributed by atoms with van der Waals surface area (Å²) in [5.41, 5.74) is 3.35. The molecule has 2 amide bonds. The largest absolute Gasteiger partial charge is 0.340 e. The number of rotatable bonds is 13. The predicted octanol–water partition coefficient (Wildman–Crippen LogP) is 8.27. The first-order valence-electron chi connectivity index (χ1n) is 14.7. The average molecular weight is 516 g/mol. The number of hydrogen-bond acceptors (Lipinski definition) is 3. The van der Waals surface area contributed by atoms with Gasteiger partial charge in [0, 0.05) is 49.9 Å². The molecule has 2 aliphatic rings. The van der Waals surface area contributed by atoms with E-state index in [0.717, 1.165) is 43.6 Å². The molecule has 0 aromatic carbocycles. The topological polar surface area (TPSA) is 53.0 Å². The minimum atomic E-state index is 0.257. The Morgan fingerprint density at radius 2 is 1.30 bits per heavy atom. The molecule has 2 fully saturated rings. The van der Waals surface area contributed by atoms with Crippen molar-refractivity contribution in [3.05, 3.63) is 35.6 Å². The quantitative estimate of drug-likeness (QED) is 0.183. The minimum absolute atomic E-state index is 0.257. The first-order chi connectivity index (χ1) is 17.6. The van der Waals surface area contributed by atoms with Crippen molar-refractivity contribution < 1.29 is 9.59 Å². The number of carbonyl (C=O) groups is 2. The molecular weight excluding hydrogens is 458 g/mol. The molecule has 0 saturated heterocycles. The first-order valence-corrected chi connectivity index (χ1v) is 14.7. The Labute approximate surface area is 229 Å². The van der Waals surface area contributed by atoms with Gasteiger partial charge in [-0.3, -0.25) is 14.6 Å². The van der Waals surface area contributed by atoms with Crippen LogP contribution in [0.2, 0.25) is 0 Å². The van der Waals surface area contributed by atoms with Gasteiger partial charge in [-0.1, -0.05) is 57.9 Å². The highest BCUT2D eigenvalue weighted by molar-refractivity contribution is 5.81. The summed E-state index contributed by atoms with van der Waals surface area (Å²) in [6, 6.07) is 1.08. The van der Waals surface area contributed by atoms with Gasteiger partial charge in [-0.25, -0.2) is 0 Å². The third kappa shape index (κ3) is 18.7. The predicted molar refractivity (Wildman–Crippen MR) is 161 cm³/mol. The summed E-state index contributed by atoms with van der Waals surface area (Å²) >= 11 is 0. The van der Waals surface area contributed by atoms with E-state index in [1.165, 1.54) is 37.7 Å². The molecule has 0 atom stereocenters.